The number of aryl methyl sites for hydroxylation is 1. The molecule has 0 atom stereocenters. The standard InChI is InChI=1S/C16H23N7O.HI/c1-3-18-16(21-12-14-6-8-22-23(14)2)20-10-9-19-15(24)13-5-4-7-17-11-13;/h4-8,11H,3,9-10,12H2,1-2H3,(H,19,24)(H2,18,20,21);1H. The summed E-state index contributed by atoms with van der Waals surface area (Å²) in [6.07, 6.45) is 4.93. The lowest BCUT2D eigenvalue weighted by molar-refractivity contribution is 0.0954. The lowest BCUT2D eigenvalue weighted by Gasteiger charge is -2.12. The second-order valence-electron chi connectivity index (χ2n) is 5.07. The molecule has 0 spiro atoms. The summed E-state index contributed by atoms with van der Waals surface area (Å²) in [5.41, 5.74) is 1.58. The average molecular weight is 457 g/mol. The van der Waals surface area contributed by atoms with E-state index in [-0.39, 0.29) is 29.9 Å². The van der Waals surface area contributed by atoms with Gasteiger partial charge in [0.2, 0.25) is 0 Å². The van der Waals surface area contributed by atoms with Crippen molar-refractivity contribution in [3.8, 4) is 0 Å². The summed E-state index contributed by atoms with van der Waals surface area (Å²) < 4.78 is 1.79. The largest absolute Gasteiger partial charge is 0.357 e. The number of hydrogen-bond acceptors (Lipinski definition) is 4. The first-order valence-electron chi connectivity index (χ1n) is 7.88. The minimum absolute atomic E-state index is 0. The first-order valence-corrected chi connectivity index (χ1v) is 7.88. The van der Waals surface area contributed by atoms with Crippen LogP contribution < -0.4 is 16.0 Å². The molecule has 8 nitrogen and oxygen atoms in total. The molecule has 0 aliphatic carbocycles. The number of hydrogen-bond donors (Lipinski definition) is 3. The summed E-state index contributed by atoms with van der Waals surface area (Å²) in [5, 5.41) is 13.3. The van der Waals surface area contributed by atoms with Crippen LogP contribution in [0.1, 0.15) is 23.0 Å². The van der Waals surface area contributed by atoms with Gasteiger partial charge in [-0.15, -0.1) is 24.0 Å². The molecule has 3 N–H and O–H groups in total. The zero-order valence-electron chi connectivity index (χ0n) is 14.4. The number of carbonyl (C=O) groups excluding carboxylic acids is 1. The van der Waals surface area contributed by atoms with E-state index in [2.05, 4.69) is 31.0 Å². The van der Waals surface area contributed by atoms with Crippen molar-refractivity contribution in [3.05, 3.63) is 48.0 Å². The SMILES string of the molecule is CCNC(=NCc1ccnn1C)NCCNC(=O)c1cccnc1.I. The minimum atomic E-state index is -0.137. The van der Waals surface area contributed by atoms with Gasteiger partial charge in [-0.2, -0.15) is 5.10 Å². The molecule has 2 aromatic heterocycles. The van der Waals surface area contributed by atoms with Crippen LogP contribution in [-0.4, -0.2) is 46.3 Å². The van der Waals surface area contributed by atoms with Crippen LogP contribution in [0.4, 0.5) is 0 Å². The number of nitrogens with one attached hydrogen (secondary N) is 3. The summed E-state index contributed by atoms with van der Waals surface area (Å²) in [4.78, 5) is 20.3. The molecule has 0 radical (unpaired) electrons. The highest BCUT2D eigenvalue weighted by Crippen LogP contribution is 1.98. The summed E-state index contributed by atoms with van der Waals surface area (Å²) in [6, 6.07) is 5.40. The van der Waals surface area contributed by atoms with E-state index < -0.39 is 0 Å². The van der Waals surface area contributed by atoms with E-state index >= 15 is 0 Å². The third kappa shape index (κ3) is 7.08. The number of halogens is 1. The van der Waals surface area contributed by atoms with Crippen molar-refractivity contribution in [1.29, 1.82) is 0 Å². The first kappa shape index (κ1) is 20.9. The van der Waals surface area contributed by atoms with E-state index in [0.29, 0.717) is 31.2 Å². The van der Waals surface area contributed by atoms with Gasteiger partial charge in [-0.3, -0.25) is 14.5 Å². The number of amides is 1. The van der Waals surface area contributed by atoms with E-state index in [1.165, 1.54) is 0 Å². The fourth-order valence-electron chi connectivity index (χ4n) is 2.01. The monoisotopic (exact) mass is 457 g/mol. The number of rotatable bonds is 7. The Kier molecular flexibility index (Phi) is 9.51. The molecule has 0 saturated carbocycles. The van der Waals surface area contributed by atoms with Gasteiger partial charge in [0.1, 0.15) is 0 Å². The second kappa shape index (κ2) is 11.4. The Bertz CT molecular complexity index is 672. The molecule has 2 heterocycles. The highest BCUT2D eigenvalue weighted by Gasteiger charge is 2.04. The van der Waals surface area contributed by atoms with Crippen molar-refractivity contribution >= 4 is 35.8 Å². The van der Waals surface area contributed by atoms with Gasteiger partial charge in [0.05, 0.1) is 17.8 Å². The predicted molar refractivity (Wildman–Crippen MR) is 108 cm³/mol. The first-order chi connectivity index (χ1) is 11.7. The topological polar surface area (TPSA) is 96.2 Å². The van der Waals surface area contributed by atoms with Crippen LogP contribution in [0.2, 0.25) is 0 Å². The van der Waals surface area contributed by atoms with Gasteiger partial charge in [0.15, 0.2) is 5.96 Å². The van der Waals surface area contributed by atoms with Gasteiger partial charge in [0, 0.05) is 45.3 Å². The smallest absolute Gasteiger partial charge is 0.252 e. The summed E-state index contributed by atoms with van der Waals surface area (Å²) in [5.74, 6) is 0.566. The van der Waals surface area contributed by atoms with Gasteiger partial charge in [0.25, 0.3) is 5.91 Å². The number of guanidine groups is 1. The Morgan fingerprint density at radius 3 is 2.64 bits per heavy atom. The fraction of sp³-hybridized carbons (Fsp3) is 0.375. The van der Waals surface area contributed by atoms with E-state index in [4.69, 9.17) is 0 Å². The third-order valence-corrected chi connectivity index (χ3v) is 3.29. The maximum atomic E-state index is 11.9. The minimum Gasteiger partial charge on any atom is -0.357 e. The highest BCUT2D eigenvalue weighted by molar-refractivity contribution is 14.0. The lowest BCUT2D eigenvalue weighted by Crippen LogP contribution is -2.41. The van der Waals surface area contributed by atoms with Gasteiger partial charge in [-0.25, -0.2) is 4.99 Å². The molecule has 0 aliphatic rings. The normalized spacial score (nSPS) is 10.7. The molecule has 2 aromatic rings. The van der Waals surface area contributed by atoms with Gasteiger partial charge < -0.3 is 16.0 Å². The van der Waals surface area contributed by atoms with E-state index in [1.807, 2.05) is 20.0 Å². The van der Waals surface area contributed by atoms with Crippen LogP contribution in [0.15, 0.2) is 41.8 Å². The second-order valence-corrected chi connectivity index (χ2v) is 5.07. The Morgan fingerprint density at radius 1 is 1.20 bits per heavy atom. The van der Waals surface area contributed by atoms with Crippen LogP contribution in [0.3, 0.4) is 0 Å². The van der Waals surface area contributed by atoms with E-state index in [1.54, 1.807) is 35.4 Å². The molecule has 0 saturated heterocycles. The van der Waals surface area contributed by atoms with Crippen molar-refractivity contribution in [2.24, 2.45) is 12.0 Å². The maximum Gasteiger partial charge on any atom is 0.252 e. The number of nitrogens with zero attached hydrogens (tertiary/aromatic N) is 4. The molecular formula is C16H24IN7O. The molecule has 0 aromatic carbocycles. The van der Waals surface area contributed by atoms with Crippen LogP contribution in [0.25, 0.3) is 0 Å². The predicted octanol–water partition coefficient (Wildman–Crippen LogP) is 0.918. The van der Waals surface area contributed by atoms with Gasteiger partial charge in [-0.05, 0) is 25.1 Å². The van der Waals surface area contributed by atoms with Crippen LogP contribution in [0.5, 0.6) is 0 Å². The zero-order valence-corrected chi connectivity index (χ0v) is 16.7. The summed E-state index contributed by atoms with van der Waals surface area (Å²) >= 11 is 0. The molecule has 0 aliphatic heterocycles. The Balaban J connectivity index is 0.00000312. The molecule has 0 unspecified atom stereocenters. The Labute approximate surface area is 164 Å². The molecule has 1 amide bonds. The number of aliphatic imine (C=N–C) groups is 1. The molecule has 2 rings (SSSR count). The zero-order chi connectivity index (χ0) is 17.2. The lowest BCUT2D eigenvalue weighted by atomic mass is 10.3. The van der Waals surface area contributed by atoms with Crippen molar-refractivity contribution < 1.29 is 4.79 Å². The fourth-order valence-corrected chi connectivity index (χ4v) is 2.01. The van der Waals surface area contributed by atoms with E-state index in [0.717, 1.165) is 12.2 Å². The molecular weight excluding hydrogens is 433 g/mol. The van der Waals surface area contributed by atoms with Crippen LogP contribution in [0, 0.1) is 0 Å². The summed E-state index contributed by atoms with van der Waals surface area (Å²) in [7, 11) is 1.89. The Morgan fingerprint density at radius 2 is 2.00 bits per heavy atom. The molecule has 9 heteroatoms. The van der Waals surface area contributed by atoms with Crippen molar-refractivity contribution in [2.45, 2.75) is 13.5 Å². The van der Waals surface area contributed by atoms with Crippen molar-refractivity contribution in [3.63, 3.8) is 0 Å². The average Bonchev–Trinajstić information content (AvgIpc) is 3.02. The van der Waals surface area contributed by atoms with Crippen LogP contribution in [-0.2, 0) is 13.6 Å². The van der Waals surface area contributed by atoms with Crippen molar-refractivity contribution in [2.75, 3.05) is 19.6 Å². The molecule has 136 valence electrons. The number of pyridine rings is 1. The highest BCUT2D eigenvalue weighted by atomic mass is 127. The maximum absolute atomic E-state index is 11.9. The molecule has 25 heavy (non-hydrogen) atoms. The third-order valence-electron chi connectivity index (χ3n) is 3.29. The molecule has 0 bridgehead atoms. The quantitative estimate of drug-likeness (QED) is 0.249. The van der Waals surface area contributed by atoms with Crippen molar-refractivity contribution in [1.82, 2.24) is 30.7 Å². The summed E-state index contributed by atoms with van der Waals surface area (Å²) in [6.45, 7) is 4.37. The van der Waals surface area contributed by atoms with Crippen LogP contribution >= 0.6 is 24.0 Å². The Hall–Kier alpha value is -2.17. The van der Waals surface area contributed by atoms with Gasteiger partial charge in [-0.1, -0.05) is 0 Å². The van der Waals surface area contributed by atoms with E-state index in [9.17, 15) is 4.79 Å². The molecule has 0 fully saturated rings. The number of aromatic nitrogens is 3. The number of carbonyl (C=O) groups is 1. The van der Waals surface area contributed by atoms with Gasteiger partial charge >= 0.3 is 0 Å².